The topological polar surface area (TPSA) is 71.8 Å². The van der Waals surface area contributed by atoms with Gasteiger partial charge in [0.25, 0.3) is 5.56 Å². The average Bonchev–Trinajstić information content (AvgIpc) is 2.16. The van der Waals surface area contributed by atoms with Gasteiger partial charge in [0.15, 0.2) is 0 Å². The van der Waals surface area contributed by atoms with Gasteiger partial charge < -0.3 is 10.7 Å². The molecule has 0 aliphatic rings. The van der Waals surface area contributed by atoms with Crippen LogP contribution < -0.4 is 11.3 Å². The van der Waals surface area contributed by atoms with Gasteiger partial charge in [0, 0.05) is 6.07 Å². The number of rotatable bonds is 3. The summed E-state index contributed by atoms with van der Waals surface area (Å²) in [5.41, 5.74) is 6.14. The van der Waals surface area contributed by atoms with Gasteiger partial charge in [-0.25, -0.2) is 4.98 Å². The SMILES string of the molecule is CCC(C)(N)c1nc(C(C)C)cc(=O)[nH]1.Cl. The van der Waals surface area contributed by atoms with Gasteiger partial charge in [0.2, 0.25) is 0 Å². The summed E-state index contributed by atoms with van der Waals surface area (Å²) in [7, 11) is 0. The molecule has 0 saturated carbocycles. The summed E-state index contributed by atoms with van der Waals surface area (Å²) in [6, 6.07) is 1.53. The summed E-state index contributed by atoms with van der Waals surface area (Å²) in [4.78, 5) is 18.5. The van der Waals surface area contributed by atoms with Crippen molar-refractivity contribution in [2.45, 2.75) is 45.6 Å². The Balaban J connectivity index is 0.00000225. The minimum absolute atomic E-state index is 0. The van der Waals surface area contributed by atoms with Crippen LogP contribution in [0.25, 0.3) is 0 Å². The van der Waals surface area contributed by atoms with E-state index in [9.17, 15) is 4.79 Å². The maximum atomic E-state index is 11.4. The second-order valence-electron chi connectivity index (χ2n) is 4.44. The predicted octanol–water partition coefficient (Wildman–Crippen LogP) is 1.90. The van der Waals surface area contributed by atoms with E-state index in [0.717, 1.165) is 12.1 Å². The molecule has 0 aromatic carbocycles. The molecule has 1 unspecified atom stereocenters. The molecule has 4 nitrogen and oxygen atoms in total. The van der Waals surface area contributed by atoms with Crippen molar-refractivity contribution < 1.29 is 0 Å². The normalized spacial score (nSPS) is 14.4. The lowest BCUT2D eigenvalue weighted by molar-refractivity contribution is 0.440. The molecular formula is C11H20ClN3O. The standard InChI is InChI=1S/C11H19N3O.ClH/c1-5-11(4,12)10-13-8(7(2)3)6-9(15)14-10;/h6-7H,5,12H2,1-4H3,(H,13,14,15);1H. The van der Waals surface area contributed by atoms with Crippen LogP contribution in [-0.2, 0) is 5.54 Å². The zero-order chi connectivity index (χ0) is 11.6. The lowest BCUT2D eigenvalue weighted by Crippen LogP contribution is -2.36. The molecule has 1 aromatic rings. The van der Waals surface area contributed by atoms with Crippen LogP contribution in [0.15, 0.2) is 10.9 Å². The predicted molar refractivity (Wildman–Crippen MR) is 68.0 cm³/mol. The number of nitrogens with two attached hydrogens (primary N) is 1. The molecule has 92 valence electrons. The molecule has 1 aromatic heterocycles. The van der Waals surface area contributed by atoms with E-state index in [1.807, 2.05) is 27.7 Å². The Labute approximate surface area is 102 Å². The highest BCUT2D eigenvalue weighted by molar-refractivity contribution is 5.85. The number of aromatic amines is 1. The molecule has 0 saturated heterocycles. The van der Waals surface area contributed by atoms with Crippen LogP contribution >= 0.6 is 12.4 Å². The number of hydrogen-bond donors (Lipinski definition) is 2. The maximum absolute atomic E-state index is 11.4. The van der Waals surface area contributed by atoms with Crippen LogP contribution in [-0.4, -0.2) is 9.97 Å². The van der Waals surface area contributed by atoms with Crippen molar-refractivity contribution in [3.05, 3.63) is 27.9 Å². The number of hydrogen-bond acceptors (Lipinski definition) is 3. The molecule has 1 rings (SSSR count). The van der Waals surface area contributed by atoms with Crippen LogP contribution in [0.3, 0.4) is 0 Å². The maximum Gasteiger partial charge on any atom is 0.251 e. The van der Waals surface area contributed by atoms with Crippen LogP contribution in [0.1, 0.15) is 51.6 Å². The van der Waals surface area contributed by atoms with Crippen LogP contribution in [0, 0.1) is 0 Å². The van der Waals surface area contributed by atoms with Gasteiger partial charge in [0.1, 0.15) is 5.82 Å². The van der Waals surface area contributed by atoms with E-state index in [4.69, 9.17) is 5.73 Å². The van der Waals surface area contributed by atoms with Gasteiger partial charge in [-0.2, -0.15) is 0 Å². The zero-order valence-corrected chi connectivity index (χ0v) is 11.0. The van der Waals surface area contributed by atoms with Gasteiger partial charge >= 0.3 is 0 Å². The Hall–Kier alpha value is -0.870. The summed E-state index contributed by atoms with van der Waals surface area (Å²) >= 11 is 0. The van der Waals surface area contributed by atoms with Gasteiger partial charge in [-0.15, -0.1) is 12.4 Å². The molecule has 0 radical (unpaired) electrons. The van der Waals surface area contributed by atoms with Gasteiger partial charge in [0.05, 0.1) is 11.2 Å². The minimum Gasteiger partial charge on any atom is -0.319 e. The molecule has 0 aliphatic carbocycles. The fraction of sp³-hybridized carbons (Fsp3) is 0.636. The Morgan fingerprint density at radius 3 is 2.56 bits per heavy atom. The number of H-pyrrole nitrogens is 1. The van der Waals surface area contributed by atoms with Crippen LogP contribution in [0.4, 0.5) is 0 Å². The molecule has 3 N–H and O–H groups in total. The fourth-order valence-corrected chi connectivity index (χ4v) is 1.21. The lowest BCUT2D eigenvalue weighted by Gasteiger charge is -2.22. The van der Waals surface area contributed by atoms with Gasteiger partial charge in [-0.3, -0.25) is 4.79 Å². The summed E-state index contributed by atoms with van der Waals surface area (Å²) in [5.74, 6) is 0.805. The fourth-order valence-electron chi connectivity index (χ4n) is 1.21. The molecule has 0 fully saturated rings. The van der Waals surface area contributed by atoms with E-state index in [1.165, 1.54) is 6.07 Å². The third-order valence-electron chi connectivity index (χ3n) is 2.63. The summed E-state index contributed by atoms with van der Waals surface area (Å²) in [6.45, 7) is 7.86. The molecule has 0 aliphatic heterocycles. The third kappa shape index (κ3) is 3.32. The molecule has 0 spiro atoms. The Kier molecular flexibility index (Phi) is 5.16. The smallest absolute Gasteiger partial charge is 0.251 e. The van der Waals surface area contributed by atoms with Crippen molar-refractivity contribution in [2.75, 3.05) is 0 Å². The Morgan fingerprint density at radius 1 is 1.56 bits per heavy atom. The monoisotopic (exact) mass is 245 g/mol. The molecule has 1 atom stereocenters. The third-order valence-corrected chi connectivity index (χ3v) is 2.63. The van der Waals surface area contributed by atoms with Crippen molar-refractivity contribution in [2.24, 2.45) is 5.73 Å². The highest BCUT2D eigenvalue weighted by atomic mass is 35.5. The summed E-state index contributed by atoms with van der Waals surface area (Å²) < 4.78 is 0. The van der Waals surface area contributed by atoms with E-state index >= 15 is 0 Å². The van der Waals surface area contributed by atoms with Crippen LogP contribution in [0.2, 0.25) is 0 Å². The molecular weight excluding hydrogens is 226 g/mol. The Bertz CT molecular complexity index is 398. The summed E-state index contributed by atoms with van der Waals surface area (Å²) in [5, 5.41) is 0. The first-order chi connectivity index (χ1) is 6.86. The van der Waals surface area contributed by atoms with E-state index in [-0.39, 0.29) is 23.9 Å². The average molecular weight is 246 g/mol. The van der Waals surface area contributed by atoms with E-state index in [0.29, 0.717) is 5.82 Å². The number of halogens is 1. The number of aromatic nitrogens is 2. The largest absolute Gasteiger partial charge is 0.319 e. The zero-order valence-electron chi connectivity index (χ0n) is 10.2. The van der Waals surface area contributed by atoms with Crippen molar-refractivity contribution in [1.29, 1.82) is 0 Å². The molecule has 16 heavy (non-hydrogen) atoms. The molecule has 5 heteroatoms. The van der Waals surface area contributed by atoms with Crippen molar-refractivity contribution in [3.63, 3.8) is 0 Å². The van der Waals surface area contributed by atoms with E-state index < -0.39 is 5.54 Å². The second kappa shape index (κ2) is 5.46. The first-order valence-electron chi connectivity index (χ1n) is 5.27. The number of nitrogens with zero attached hydrogens (tertiary/aromatic N) is 1. The van der Waals surface area contributed by atoms with Crippen LogP contribution in [0.5, 0.6) is 0 Å². The molecule has 0 bridgehead atoms. The van der Waals surface area contributed by atoms with E-state index in [2.05, 4.69) is 9.97 Å². The van der Waals surface area contributed by atoms with Crippen molar-refractivity contribution in [3.8, 4) is 0 Å². The Morgan fingerprint density at radius 2 is 2.12 bits per heavy atom. The highest BCUT2D eigenvalue weighted by Crippen LogP contribution is 2.18. The van der Waals surface area contributed by atoms with Gasteiger partial charge in [-0.05, 0) is 19.3 Å². The number of nitrogens with one attached hydrogen (secondary N) is 1. The first-order valence-corrected chi connectivity index (χ1v) is 5.27. The summed E-state index contributed by atoms with van der Waals surface area (Å²) in [6.07, 6.45) is 0.734. The highest BCUT2D eigenvalue weighted by Gasteiger charge is 2.22. The molecule has 1 heterocycles. The quantitative estimate of drug-likeness (QED) is 0.854. The second-order valence-corrected chi connectivity index (χ2v) is 4.44. The van der Waals surface area contributed by atoms with E-state index in [1.54, 1.807) is 0 Å². The minimum atomic E-state index is -0.565. The van der Waals surface area contributed by atoms with Gasteiger partial charge in [-0.1, -0.05) is 20.8 Å². The first kappa shape index (κ1) is 15.1. The molecule has 0 amide bonds. The van der Waals surface area contributed by atoms with Crippen molar-refractivity contribution in [1.82, 2.24) is 9.97 Å². The lowest BCUT2D eigenvalue weighted by atomic mass is 9.99. The van der Waals surface area contributed by atoms with Crippen molar-refractivity contribution >= 4 is 12.4 Å².